The van der Waals surface area contributed by atoms with Crippen LogP contribution in [0.2, 0.25) is 0 Å². The third kappa shape index (κ3) is 5.04. The Balaban J connectivity index is 1.54. The van der Waals surface area contributed by atoms with Crippen LogP contribution in [0.5, 0.6) is 11.5 Å². The molecule has 0 saturated carbocycles. The summed E-state index contributed by atoms with van der Waals surface area (Å²) in [4.78, 5) is 6.93. The molecule has 144 valence electrons. The highest BCUT2D eigenvalue weighted by atomic mass is 16.5. The van der Waals surface area contributed by atoms with Crippen LogP contribution in [0.4, 0.5) is 5.69 Å². The quantitative estimate of drug-likeness (QED) is 0.639. The first-order valence-electron chi connectivity index (χ1n) is 9.77. The normalized spacial score (nSPS) is 21.4. The molecule has 0 aromatic heterocycles. The lowest BCUT2D eigenvalue weighted by molar-refractivity contribution is 0.141. The maximum absolute atomic E-state index is 5.76. The third-order valence-electron chi connectivity index (χ3n) is 5.07. The van der Waals surface area contributed by atoms with Gasteiger partial charge in [0, 0.05) is 44.4 Å². The molecule has 1 saturated heterocycles. The number of hydrogen-bond acceptors (Lipinski definition) is 4. The van der Waals surface area contributed by atoms with Crippen molar-refractivity contribution in [1.29, 1.82) is 0 Å². The van der Waals surface area contributed by atoms with Gasteiger partial charge in [0.15, 0.2) is 17.5 Å². The van der Waals surface area contributed by atoms with E-state index in [-0.39, 0.29) is 0 Å². The summed E-state index contributed by atoms with van der Waals surface area (Å²) in [5, 5.41) is 6.84. The number of nitrogens with one attached hydrogen (secondary N) is 2. The highest BCUT2D eigenvalue weighted by Crippen LogP contribution is 2.32. The Bertz CT molecular complexity index is 618. The molecule has 26 heavy (non-hydrogen) atoms. The van der Waals surface area contributed by atoms with E-state index in [1.54, 1.807) is 7.05 Å². The highest BCUT2D eigenvalue weighted by Gasteiger charge is 2.21. The maximum atomic E-state index is 5.76. The van der Waals surface area contributed by atoms with Gasteiger partial charge in [-0.25, -0.2) is 0 Å². The molecular formula is C20H32N4O2. The zero-order valence-electron chi connectivity index (χ0n) is 16.3. The van der Waals surface area contributed by atoms with E-state index in [9.17, 15) is 0 Å². The number of likely N-dealkylation sites (tertiary alicyclic amines) is 1. The van der Waals surface area contributed by atoms with Crippen LogP contribution in [-0.4, -0.2) is 56.8 Å². The molecule has 1 unspecified atom stereocenters. The monoisotopic (exact) mass is 360 g/mol. The second-order valence-electron chi connectivity index (χ2n) is 7.39. The van der Waals surface area contributed by atoms with E-state index in [2.05, 4.69) is 34.4 Å². The van der Waals surface area contributed by atoms with Crippen LogP contribution in [0.1, 0.15) is 33.1 Å². The van der Waals surface area contributed by atoms with Gasteiger partial charge in [0.25, 0.3) is 0 Å². The lowest BCUT2D eigenvalue weighted by Crippen LogP contribution is -2.44. The molecule has 1 fully saturated rings. The number of rotatable bonds is 4. The second kappa shape index (κ2) is 9.12. The van der Waals surface area contributed by atoms with Crippen molar-refractivity contribution >= 4 is 11.6 Å². The Morgan fingerprint density at radius 3 is 2.81 bits per heavy atom. The van der Waals surface area contributed by atoms with Gasteiger partial charge in [0.05, 0.1) is 13.2 Å². The van der Waals surface area contributed by atoms with E-state index in [0.717, 1.165) is 42.7 Å². The van der Waals surface area contributed by atoms with Crippen molar-refractivity contribution in [1.82, 2.24) is 10.2 Å². The first-order chi connectivity index (χ1) is 12.7. The molecule has 2 N–H and O–H groups in total. The summed E-state index contributed by atoms with van der Waals surface area (Å²) in [6.07, 6.45) is 3.46. The van der Waals surface area contributed by atoms with Crippen LogP contribution in [0, 0.1) is 5.92 Å². The summed E-state index contributed by atoms with van der Waals surface area (Å²) < 4.78 is 11.5. The molecule has 0 spiro atoms. The lowest BCUT2D eigenvalue weighted by atomic mass is 9.97. The van der Waals surface area contributed by atoms with Crippen molar-refractivity contribution in [3.05, 3.63) is 18.2 Å². The number of aliphatic imine (C=N–C) groups is 1. The first kappa shape index (κ1) is 18.8. The molecule has 0 bridgehead atoms. The summed E-state index contributed by atoms with van der Waals surface area (Å²) in [5.41, 5.74) is 0.954. The minimum atomic E-state index is 0.622. The number of ether oxygens (including phenoxy) is 2. The largest absolute Gasteiger partial charge is 0.490 e. The minimum absolute atomic E-state index is 0.622. The predicted octanol–water partition coefficient (Wildman–Crippen LogP) is 2.96. The van der Waals surface area contributed by atoms with Gasteiger partial charge in [0.1, 0.15) is 0 Å². The van der Waals surface area contributed by atoms with Crippen LogP contribution in [0.3, 0.4) is 0 Å². The average Bonchev–Trinajstić information content (AvgIpc) is 2.90. The number of anilines is 1. The van der Waals surface area contributed by atoms with Gasteiger partial charge in [0.2, 0.25) is 0 Å². The minimum Gasteiger partial charge on any atom is -0.490 e. The summed E-state index contributed by atoms with van der Waals surface area (Å²) in [6.45, 7) is 9.27. The number of fused-ring (bicyclic) bond motifs is 1. The molecular weight excluding hydrogens is 328 g/mol. The number of piperidine rings is 1. The van der Waals surface area contributed by atoms with Crippen molar-refractivity contribution in [3.8, 4) is 11.5 Å². The fourth-order valence-electron chi connectivity index (χ4n) is 3.53. The smallest absolute Gasteiger partial charge is 0.195 e. The number of guanidine groups is 1. The Labute approximate surface area is 157 Å². The number of nitrogens with zero attached hydrogens (tertiary/aromatic N) is 2. The van der Waals surface area contributed by atoms with E-state index < -0.39 is 0 Å². The topological polar surface area (TPSA) is 58.1 Å². The van der Waals surface area contributed by atoms with Gasteiger partial charge in [-0.3, -0.25) is 4.99 Å². The standard InChI is InChI=1S/C20H32N4O2/c1-15(2)24-9-4-6-16(14-24)13-22-20(21-3)23-17-7-8-18-19(12-17)26-11-5-10-25-18/h7-8,12,15-16H,4-6,9-11,13-14H2,1-3H3,(H2,21,22,23). The van der Waals surface area contributed by atoms with Crippen LogP contribution in [-0.2, 0) is 0 Å². The molecule has 1 aromatic rings. The van der Waals surface area contributed by atoms with E-state index in [1.807, 2.05) is 18.2 Å². The van der Waals surface area contributed by atoms with Crippen LogP contribution < -0.4 is 20.1 Å². The van der Waals surface area contributed by atoms with Crippen molar-refractivity contribution < 1.29 is 9.47 Å². The summed E-state index contributed by atoms with van der Waals surface area (Å²) in [6, 6.07) is 6.56. The van der Waals surface area contributed by atoms with Crippen molar-refractivity contribution in [2.45, 2.75) is 39.2 Å². The van der Waals surface area contributed by atoms with Gasteiger partial charge in [-0.05, 0) is 51.3 Å². The molecule has 0 aliphatic carbocycles. The average molecular weight is 361 g/mol. The molecule has 2 aliphatic heterocycles. The molecule has 2 heterocycles. The van der Waals surface area contributed by atoms with Gasteiger partial charge in [-0.2, -0.15) is 0 Å². The molecule has 2 aliphatic rings. The molecule has 6 heteroatoms. The van der Waals surface area contributed by atoms with Gasteiger partial charge in [-0.15, -0.1) is 0 Å². The zero-order valence-corrected chi connectivity index (χ0v) is 16.3. The molecule has 6 nitrogen and oxygen atoms in total. The van der Waals surface area contributed by atoms with Crippen LogP contribution in [0.15, 0.2) is 23.2 Å². The number of hydrogen-bond donors (Lipinski definition) is 2. The highest BCUT2D eigenvalue weighted by molar-refractivity contribution is 5.93. The van der Waals surface area contributed by atoms with E-state index in [4.69, 9.17) is 9.47 Å². The zero-order chi connectivity index (χ0) is 18.4. The van der Waals surface area contributed by atoms with E-state index in [0.29, 0.717) is 25.2 Å². The van der Waals surface area contributed by atoms with Gasteiger partial charge in [-0.1, -0.05) is 0 Å². The van der Waals surface area contributed by atoms with Crippen molar-refractivity contribution in [2.24, 2.45) is 10.9 Å². The van der Waals surface area contributed by atoms with E-state index in [1.165, 1.54) is 19.4 Å². The van der Waals surface area contributed by atoms with Crippen LogP contribution >= 0.6 is 0 Å². The van der Waals surface area contributed by atoms with Crippen molar-refractivity contribution in [3.63, 3.8) is 0 Å². The third-order valence-corrected chi connectivity index (χ3v) is 5.07. The summed E-state index contributed by atoms with van der Waals surface area (Å²) >= 11 is 0. The Kier molecular flexibility index (Phi) is 6.61. The molecule has 1 atom stereocenters. The Morgan fingerprint density at radius 2 is 2.04 bits per heavy atom. The first-order valence-corrected chi connectivity index (χ1v) is 9.77. The molecule has 1 aromatic carbocycles. The summed E-state index contributed by atoms with van der Waals surface area (Å²) in [7, 11) is 1.81. The lowest BCUT2D eigenvalue weighted by Gasteiger charge is -2.35. The molecule has 0 amide bonds. The van der Waals surface area contributed by atoms with Crippen LogP contribution in [0.25, 0.3) is 0 Å². The number of benzene rings is 1. The summed E-state index contributed by atoms with van der Waals surface area (Å²) in [5.74, 6) is 3.06. The molecule has 0 radical (unpaired) electrons. The predicted molar refractivity (Wildman–Crippen MR) is 106 cm³/mol. The van der Waals surface area contributed by atoms with Gasteiger partial charge < -0.3 is 25.0 Å². The second-order valence-corrected chi connectivity index (χ2v) is 7.39. The Hall–Kier alpha value is -1.95. The maximum Gasteiger partial charge on any atom is 0.195 e. The fourth-order valence-corrected chi connectivity index (χ4v) is 3.53. The molecule has 3 rings (SSSR count). The van der Waals surface area contributed by atoms with Gasteiger partial charge >= 0.3 is 0 Å². The Morgan fingerprint density at radius 1 is 1.23 bits per heavy atom. The van der Waals surface area contributed by atoms with Crippen molar-refractivity contribution in [2.75, 3.05) is 45.2 Å². The van der Waals surface area contributed by atoms with E-state index >= 15 is 0 Å². The SMILES string of the molecule is CN=C(NCC1CCCN(C(C)C)C1)Nc1ccc2c(c1)OCCCO2. The fraction of sp³-hybridized carbons (Fsp3) is 0.650.